The van der Waals surface area contributed by atoms with E-state index in [0.717, 1.165) is 16.4 Å². The molecule has 0 atom stereocenters. The fourth-order valence-corrected chi connectivity index (χ4v) is 5.83. The number of carbonyl (C=O) groups excluding carboxylic acids is 1. The number of esters is 1. The minimum absolute atomic E-state index is 0.145. The zero-order valence-electron chi connectivity index (χ0n) is 20.5. The molecule has 0 radical (unpaired) electrons. The molecule has 0 fully saturated rings. The van der Waals surface area contributed by atoms with Gasteiger partial charge < -0.3 is 4.74 Å². The zero-order chi connectivity index (χ0) is 26.7. The second kappa shape index (κ2) is 11.0. The Kier molecular flexibility index (Phi) is 8.01. The van der Waals surface area contributed by atoms with Crippen molar-refractivity contribution in [2.45, 2.75) is 38.5 Å². The molecule has 2 aromatic heterocycles. The van der Waals surface area contributed by atoms with E-state index in [-0.39, 0.29) is 27.2 Å². The summed E-state index contributed by atoms with van der Waals surface area (Å²) in [6, 6.07) is 12.6. The molecule has 9 nitrogen and oxygen atoms in total. The lowest BCUT2D eigenvalue weighted by atomic mass is 10.2. The van der Waals surface area contributed by atoms with Crippen LogP contribution in [0.1, 0.15) is 31.2 Å². The predicted octanol–water partition coefficient (Wildman–Crippen LogP) is 5.28. The van der Waals surface area contributed by atoms with E-state index in [1.807, 2.05) is 19.9 Å². The lowest BCUT2D eigenvalue weighted by molar-refractivity contribution is -0.141. The van der Waals surface area contributed by atoms with E-state index in [9.17, 15) is 13.2 Å². The molecule has 0 aliphatic heterocycles. The maximum absolute atomic E-state index is 13.7. The Bertz CT molecular complexity index is 1540. The molecule has 2 aromatic carbocycles. The summed E-state index contributed by atoms with van der Waals surface area (Å²) in [6.07, 6.45) is 1.51. The number of anilines is 1. The highest BCUT2D eigenvalue weighted by molar-refractivity contribution is 7.92. The molecule has 0 spiro atoms. The van der Waals surface area contributed by atoms with Gasteiger partial charge in [0.25, 0.3) is 10.0 Å². The van der Waals surface area contributed by atoms with Crippen LogP contribution in [0.25, 0.3) is 16.7 Å². The van der Waals surface area contributed by atoms with E-state index in [0.29, 0.717) is 28.8 Å². The fourth-order valence-electron chi connectivity index (χ4n) is 3.70. The Morgan fingerprint density at radius 1 is 1.03 bits per heavy atom. The smallest absolute Gasteiger partial charge is 0.326 e. The summed E-state index contributed by atoms with van der Waals surface area (Å²) in [5, 5.41) is 13.8. The lowest BCUT2D eigenvalue weighted by Gasteiger charge is -2.24. The number of unbranched alkanes of at least 4 members (excludes halogenated alkanes) is 1. The van der Waals surface area contributed by atoms with Crippen molar-refractivity contribution in [3.05, 3.63) is 70.0 Å². The van der Waals surface area contributed by atoms with E-state index in [1.165, 1.54) is 18.2 Å². The van der Waals surface area contributed by atoms with Gasteiger partial charge in [-0.25, -0.2) is 13.1 Å². The highest BCUT2D eigenvalue weighted by atomic mass is 35.5. The van der Waals surface area contributed by atoms with Crippen molar-refractivity contribution in [2.75, 3.05) is 17.5 Å². The van der Waals surface area contributed by atoms with E-state index in [1.54, 1.807) is 35.9 Å². The molecule has 0 aliphatic carbocycles. The van der Waals surface area contributed by atoms with Gasteiger partial charge in [-0.2, -0.15) is 10.2 Å². The molecule has 0 saturated heterocycles. The van der Waals surface area contributed by atoms with Gasteiger partial charge in [0, 0.05) is 15.4 Å². The lowest BCUT2D eigenvalue weighted by Crippen LogP contribution is -2.36. The van der Waals surface area contributed by atoms with Crippen LogP contribution in [0.4, 0.5) is 5.69 Å². The van der Waals surface area contributed by atoms with Crippen LogP contribution >= 0.6 is 23.2 Å². The number of aryl methyl sites for hydroxylation is 2. The normalized spacial score (nSPS) is 11.6. The fraction of sp³-hybridized carbons (Fsp3) is 0.280. The largest absolute Gasteiger partial charge is 0.464 e. The van der Waals surface area contributed by atoms with Gasteiger partial charge in [-0.3, -0.25) is 9.10 Å². The minimum Gasteiger partial charge on any atom is -0.464 e. The number of hydrogen-bond acceptors (Lipinski definition) is 7. The maximum atomic E-state index is 13.7. The van der Waals surface area contributed by atoms with Gasteiger partial charge in [0.15, 0.2) is 5.82 Å². The Morgan fingerprint density at radius 2 is 1.76 bits per heavy atom. The van der Waals surface area contributed by atoms with Crippen molar-refractivity contribution >= 4 is 55.8 Å². The number of sulfonamides is 1. The Balaban J connectivity index is 1.80. The summed E-state index contributed by atoms with van der Waals surface area (Å²) in [5.74, 6) is -0.151. The van der Waals surface area contributed by atoms with Gasteiger partial charge in [-0.15, -0.1) is 5.10 Å². The molecule has 12 heteroatoms. The van der Waals surface area contributed by atoms with Crippen LogP contribution < -0.4 is 4.31 Å². The second-order valence-corrected chi connectivity index (χ2v) is 11.2. The molecule has 194 valence electrons. The molecule has 4 rings (SSSR count). The first-order valence-electron chi connectivity index (χ1n) is 11.5. The summed E-state index contributed by atoms with van der Waals surface area (Å²) in [5.41, 5.74) is 2.38. The van der Waals surface area contributed by atoms with Crippen molar-refractivity contribution in [3.8, 4) is 5.82 Å². The molecule has 4 aromatic rings. The van der Waals surface area contributed by atoms with Crippen molar-refractivity contribution < 1.29 is 17.9 Å². The van der Waals surface area contributed by atoms with Crippen LogP contribution in [0.5, 0.6) is 0 Å². The summed E-state index contributed by atoms with van der Waals surface area (Å²) in [6.45, 7) is 5.28. The monoisotopic (exact) mass is 561 g/mol. The molecular weight excluding hydrogens is 537 g/mol. The number of carbonyl (C=O) groups is 1. The number of halogens is 2. The summed E-state index contributed by atoms with van der Waals surface area (Å²) < 4.78 is 35.4. The Labute approximate surface area is 225 Å². The standard InChI is InChI=1S/C25H25Cl2N5O4S/c1-4-5-10-36-25(33)15-31(37(34,35)21-12-18(26)11-19(27)13-21)20-7-8-23-22(14-20)17(3)30-32(23)24-9-6-16(2)28-29-24/h6-9,11-14H,4-5,10,15H2,1-3H3. The number of ether oxygens (including phenoxy) is 1. The SMILES string of the molecule is CCCCOC(=O)CN(c1ccc2c(c1)c(C)nn2-c1ccc(C)nn1)S(=O)(=O)c1cc(Cl)cc(Cl)c1. The van der Waals surface area contributed by atoms with Gasteiger partial charge in [0.05, 0.1) is 34.1 Å². The van der Waals surface area contributed by atoms with E-state index in [4.69, 9.17) is 27.9 Å². The first-order chi connectivity index (χ1) is 17.6. The Hall–Kier alpha value is -3.21. The zero-order valence-corrected chi connectivity index (χ0v) is 22.8. The predicted molar refractivity (Wildman–Crippen MR) is 143 cm³/mol. The van der Waals surface area contributed by atoms with Crippen molar-refractivity contribution in [1.29, 1.82) is 0 Å². The van der Waals surface area contributed by atoms with Crippen molar-refractivity contribution in [2.24, 2.45) is 0 Å². The number of fused-ring (bicyclic) bond motifs is 1. The highest BCUT2D eigenvalue weighted by Gasteiger charge is 2.29. The number of hydrogen-bond donors (Lipinski definition) is 0. The first kappa shape index (κ1) is 26.8. The van der Waals surface area contributed by atoms with Crippen LogP contribution in [0.15, 0.2) is 53.4 Å². The summed E-state index contributed by atoms with van der Waals surface area (Å²) >= 11 is 12.2. The van der Waals surface area contributed by atoms with Crippen molar-refractivity contribution in [1.82, 2.24) is 20.0 Å². The second-order valence-electron chi connectivity index (χ2n) is 8.42. The van der Waals surface area contributed by atoms with Crippen LogP contribution in [0, 0.1) is 13.8 Å². The number of rotatable bonds is 9. The maximum Gasteiger partial charge on any atom is 0.326 e. The molecule has 37 heavy (non-hydrogen) atoms. The molecule has 0 amide bonds. The number of nitrogens with zero attached hydrogens (tertiary/aromatic N) is 5. The quantitative estimate of drug-likeness (QED) is 0.202. The van der Waals surface area contributed by atoms with Gasteiger partial charge in [-0.05, 0) is 68.8 Å². The molecule has 0 unspecified atom stereocenters. The molecular formula is C25H25Cl2N5O4S. The van der Waals surface area contributed by atoms with Crippen LogP contribution in [0.3, 0.4) is 0 Å². The van der Waals surface area contributed by atoms with Crippen molar-refractivity contribution in [3.63, 3.8) is 0 Å². The third-order valence-corrected chi connectivity index (χ3v) is 7.78. The topological polar surface area (TPSA) is 107 Å². The molecule has 0 aliphatic rings. The van der Waals surface area contributed by atoms with E-state index in [2.05, 4.69) is 15.3 Å². The van der Waals surface area contributed by atoms with Gasteiger partial charge in [0.2, 0.25) is 0 Å². The van der Waals surface area contributed by atoms with Gasteiger partial charge in [-0.1, -0.05) is 36.5 Å². The Morgan fingerprint density at radius 3 is 2.41 bits per heavy atom. The van der Waals surface area contributed by atoms with Crippen LogP contribution in [-0.4, -0.2) is 47.5 Å². The minimum atomic E-state index is -4.24. The van der Waals surface area contributed by atoms with E-state index < -0.39 is 22.5 Å². The molecule has 0 saturated carbocycles. The van der Waals surface area contributed by atoms with Gasteiger partial charge >= 0.3 is 5.97 Å². The molecule has 2 heterocycles. The van der Waals surface area contributed by atoms with Crippen LogP contribution in [-0.2, 0) is 19.6 Å². The third-order valence-electron chi connectivity index (χ3n) is 5.59. The average Bonchev–Trinajstić information content (AvgIpc) is 3.18. The average molecular weight is 562 g/mol. The van der Waals surface area contributed by atoms with E-state index >= 15 is 0 Å². The third kappa shape index (κ3) is 5.87. The molecule has 0 N–H and O–H groups in total. The number of aromatic nitrogens is 4. The summed E-state index contributed by atoms with van der Waals surface area (Å²) in [7, 11) is -4.24. The first-order valence-corrected chi connectivity index (χ1v) is 13.7. The van der Waals surface area contributed by atoms with Gasteiger partial charge in [0.1, 0.15) is 6.54 Å². The molecule has 0 bridgehead atoms. The highest BCUT2D eigenvalue weighted by Crippen LogP contribution is 2.31. The summed E-state index contributed by atoms with van der Waals surface area (Å²) in [4.78, 5) is 12.5. The van der Waals surface area contributed by atoms with Crippen LogP contribution in [0.2, 0.25) is 10.0 Å². The number of benzene rings is 2.